The quantitative estimate of drug-likeness (QED) is 0.770. The molecular weight excluding hydrogens is 397 g/mol. The van der Waals surface area contributed by atoms with Crippen molar-refractivity contribution in [1.29, 1.82) is 0 Å². The molecule has 7 heteroatoms. The van der Waals surface area contributed by atoms with Gasteiger partial charge in [-0.05, 0) is 49.9 Å². The van der Waals surface area contributed by atoms with Crippen LogP contribution in [0, 0.1) is 5.82 Å². The van der Waals surface area contributed by atoms with E-state index in [0.717, 1.165) is 51.9 Å². The van der Waals surface area contributed by atoms with Crippen LogP contribution < -0.4 is 14.8 Å². The van der Waals surface area contributed by atoms with E-state index in [2.05, 4.69) is 10.2 Å². The smallest absolute Gasteiger partial charge is 0.321 e. The van der Waals surface area contributed by atoms with Gasteiger partial charge in [-0.15, -0.1) is 0 Å². The van der Waals surface area contributed by atoms with Gasteiger partial charge in [0.2, 0.25) is 0 Å². The van der Waals surface area contributed by atoms with Gasteiger partial charge in [-0.2, -0.15) is 0 Å². The molecule has 2 saturated heterocycles. The maximum absolute atomic E-state index is 13.8. The summed E-state index contributed by atoms with van der Waals surface area (Å²) in [4.78, 5) is 17.0. The van der Waals surface area contributed by atoms with Gasteiger partial charge >= 0.3 is 6.03 Å². The van der Waals surface area contributed by atoms with Gasteiger partial charge in [-0.25, -0.2) is 9.18 Å². The fraction of sp³-hybridized carbons (Fsp3) is 0.458. The molecular formula is C24H30FN3O3. The molecule has 0 spiro atoms. The second-order valence-electron chi connectivity index (χ2n) is 8.13. The fourth-order valence-electron chi connectivity index (χ4n) is 4.45. The summed E-state index contributed by atoms with van der Waals surface area (Å²) < 4.78 is 25.0. The summed E-state index contributed by atoms with van der Waals surface area (Å²) >= 11 is 0. The number of hydrogen-bond donors (Lipinski definition) is 1. The van der Waals surface area contributed by atoms with Crippen molar-refractivity contribution in [2.24, 2.45) is 0 Å². The highest BCUT2D eigenvalue weighted by molar-refractivity contribution is 5.91. The van der Waals surface area contributed by atoms with Gasteiger partial charge in [0.15, 0.2) is 11.6 Å². The molecule has 0 saturated carbocycles. The van der Waals surface area contributed by atoms with E-state index >= 15 is 0 Å². The maximum Gasteiger partial charge on any atom is 0.321 e. The summed E-state index contributed by atoms with van der Waals surface area (Å²) in [5.41, 5.74) is 0.689. The number of rotatable bonds is 5. The van der Waals surface area contributed by atoms with Crippen molar-refractivity contribution < 1.29 is 18.7 Å². The SMILES string of the molecule is COc1ccccc1NC(=O)N1CCC(N2CCC(Oc3ccccc3F)CC2)CC1. The monoisotopic (exact) mass is 427 g/mol. The van der Waals surface area contributed by atoms with Crippen LogP contribution >= 0.6 is 0 Å². The Morgan fingerprint density at radius 1 is 0.935 bits per heavy atom. The topological polar surface area (TPSA) is 54.0 Å². The third-order valence-corrected chi connectivity index (χ3v) is 6.22. The molecule has 31 heavy (non-hydrogen) atoms. The molecule has 2 aromatic carbocycles. The minimum Gasteiger partial charge on any atom is -0.495 e. The van der Waals surface area contributed by atoms with E-state index in [4.69, 9.17) is 9.47 Å². The molecule has 2 aromatic rings. The van der Waals surface area contributed by atoms with Gasteiger partial charge in [-0.1, -0.05) is 24.3 Å². The summed E-state index contributed by atoms with van der Waals surface area (Å²) in [6.07, 6.45) is 3.75. The van der Waals surface area contributed by atoms with E-state index in [-0.39, 0.29) is 18.0 Å². The first kappa shape index (κ1) is 21.4. The lowest BCUT2D eigenvalue weighted by Gasteiger charge is -2.41. The molecule has 2 heterocycles. The van der Waals surface area contributed by atoms with Crippen molar-refractivity contribution in [3.63, 3.8) is 0 Å². The summed E-state index contributed by atoms with van der Waals surface area (Å²) in [5.74, 6) is 0.699. The van der Waals surface area contributed by atoms with Crippen LogP contribution in [0.4, 0.5) is 14.9 Å². The highest BCUT2D eigenvalue weighted by Crippen LogP contribution is 2.27. The van der Waals surface area contributed by atoms with Gasteiger partial charge in [0, 0.05) is 32.2 Å². The Morgan fingerprint density at radius 3 is 2.26 bits per heavy atom. The molecule has 166 valence electrons. The molecule has 0 radical (unpaired) electrons. The number of nitrogens with one attached hydrogen (secondary N) is 1. The molecule has 0 aromatic heterocycles. The Balaban J connectivity index is 1.22. The fourth-order valence-corrected chi connectivity index (χ4v) is 4.45. The first-order valence-corrected chi connectivity index (χ1v) is 11.0. The first-order valence-electron chi connectivity index (χ1n) is 11.0. The number of benzene rings is 2. The van der Waals surface area contributed by atoms with Crippen molar-refractivity contribution in [3.8, 4) is 11.5 Å². The lowest BCUT2D eigenvalue weighted by atomic mass is 9.99. The highest BCUT2D eigenvalue weighted by atomic mass is 19.1. The average Bonchev–Trinajstić information content (AvgIpc) is 2.81. The third kappa shape index (κ3) is 5.28. The van der Waals surface area contributed by atoms with Crippen LogP contribution in [0.3, 0.4) is 0 Å². The standard InChI is InChI=1S/C24H30FN3O3/c1-30-23-9-5-3-7-21(23)26-24(29)28-14-10-18(11-15-28)27-16-12-19(13-17-27)31-22-8-4-2-6-20(22)25/h2-9,18-19H,10-17H2,1H3,(H,26,29). The Bertz CT molecular complexity index is 878. The number of anilines is 1. The van der Waals surface area contributed by atoms with Crippen LogP contribution in [-0.2, 0) is 0 Å². The minimum atomic E-state index is -0.302. The largest absolute Gasteiger partial charge is 0.495 e. The lowest BCUT2D eigenvalue weighted by molar-refractivity contribution is 0.0529. The summed E-state index contributed by atoms with van der Waals surface area (Å²) in [5, 5.41) is 2.96. The molecule has 4 rings (SSSR count). The second kappa shape index (κ2) is 10.0. The highest BCUT2D eigenvalue weighted by Gasteiger charge is 2.30. The van der Waals surface area contributed by atoms with Crippen LogP contribution in [0.25, 0.3) is 0 Å². The van der Waals surface area contributed by atoms with E-state index < -0.39 is 0 Å². The number of piperidine rings is 2. The van der Waals surface area contributed by atoms with E-state index in [9.17, 15) is 9.18 Å². The van der Waals surface area contributed by atoms with Crippen molar-refractivity contribution in [2.45, 2.75) is 37.8 Å². The molecule has 6 nitrogen and oxygen atoms in total. The minimum absolute atomic E-state index is 0.0554. The zero-order chi connectivity index (χ0) is 21.6. The van der Waals surface area contributed by atoms with Crippen LogP contribution in [0.5, 0.6) is 11.5 Å². The number of halogens is 1. The van der Waals surface area contributed by atoms with Gasteiger partial charge in [-0.3, -0.25) is 4.90 Å². The van der Waals surface area contributed by atoms with Crippen LogP contribution in [0.15, 0.2) is 48.5 Å². The van der Waals surface area contributed by atoms with Gasteiger partial charge < -0.3 is 19.7 Å². The number of carbonyl (C=O) groups is 1. The molecule has 2 aliphatic heterocycles. The van der Waals surface area contributed by atoms with Gasteiger partial charge in [0.25, 0.3) is 0 Å². The zero-order valence-electron chi connectivity index (χ0n) is 17.9. The molecule has 1 N–H and O–H groups in total. The Hall–Kier alpha value is -2.80. The number of urea groups is 1. The normalized spacial score (nSPS) is 18.6. The van der Waals surface area contributed by atoms with Crippen LogP contribution in [0.2, 0.25) is 0 Å². The lowest BCUT2D eigenvalue weighted by Crippen LogP contribution is -2.50. The molecule has 2 fully saturated rings. The van der Waals surface area contributed by atoms with Crippen molar-refractivity contribution in [1.82, 2.24) is 9.80 Å². The molecule has 0 bridgehead atoms. The molecule has 2 aliphatic rings. The van der Waals surface area contributed by atoms with Crippen LogP contribution in [-0.4, -0.2) is 61.3 Å². The van der Waals surface area contributed by atoms with Gasteiger partial charge in [0.1, 0.15) is 11.9 Å². The van der Waals surface area contributed by atoms with Crippen molar-refractivity contribution in [2.75, 3.05) is 38.6 Å². The van der Waals surface area contributed by atoms with Crippen molar-refractivity contribution in [3.05, 3.63) is 54.3 Å². The second-order valence-corrected chi connectivity index (χ2v) is 8.13. The van der Waals surface area contributed by atoms with E-state index in [0.29, 0.717) is 23.2 Å². The molecule has 0 aliphatic carbocycles. The first-order chi connectivity index (χ1) is 15.1. The molecule has 2 amide bonds. The number of carbonyl (C=O) groups excluding carboxylic acids is 1. The summed E-state index contributed by atoms with van der Waals surface area (Å²) in [7, 11) is 1.60. The molecule has 0 atom stereocenters. The number of likely N-dealkylation sites (tertiary alicyclic amines) is 2. The predicted molar refractivity (Wildman–Crippen MR) is 118 cm³/mol. The number of para-hydroxylation sites is 3. The third-order valence-electron chi connectivity index (χ3n) is 6.22. The number of amides is 2. The summed E-state index contributed by atoms with van der Waals surface area (Å²) in [6.45, 7) is 3.35. The summed E-state index contributed by atoms with van der Waals surface area (Å²) in [6, 6.07) is 14.4. The van der Waals surface area contributed by atoms with E-state index in [1.807, 2.05) is 29.2 Å². The van der Waals surface area contributed by atoms with E-state index in [1.165, 1.54) is 6.07 Å². The van der Waals surface area contributed by atoms with Crippen LogP contribution in [0.1, 0.15) is 25.7 Å². The molecule has 0 unspecified atom stereocenters. The van der Waals surface area contributed by atoms with Crippen molar-refractivity contribution >= 4 is 11.7 Å². The Labute approximate surface area is 182 Å². The zero-order valence-corrected chi connectivity index (χ0v) is 17.9. The number of methoxy groups -OCH3 is 1. The average molecular weight is 428 g/mol. The predicted octanol–water partition coefficient (Wildman–Crippen LogP) is 4.37. The number of hydrogen-bond acceptors (Lipinski definition) is 4. The van der Waals surface area contributed by atoms with E-state index in [1.54, 1.807) is 25.3 Å². The maximum atomic E-state index is 13.8. The number of ether oxygens (including phenoxy) is 2. The Kier molecular flexibility index (Phi) is 6.92. The Morgan fingerprint density at radius 2 is 1.58 bits per heavy atom. The number of nitrogens with zero attached hydrogens (tertiary/aromatic N) is 2. The van der Waals surface area contributed by atoms with Gasteiger partial charge in [0.05, 0.1) is 12.8 Å².